The standard InChI is InChI=1S/C16H14N2O3/c1-20-14-5-7-15(8-6-14)21-16-10-17-18(11-16)12-3-2-4-13(19)9-12/h2-11,19H,1H3. The molecular formula is C16H14N2O3. The van der Waals surface area contributed by atoms with Crippen molar-refractivity contribution >= 4 is 0 Å². The molecule has 21 heavy (non-hydrogen) atoms. The molecule has 0 saturated heterocycles. The molecule has 0 bridgehead atoms. The molecule has 1 heterocycles. The molecule has 0 radical (unpaired) electrons. The highest BCUT2D eigenvalue weighted by Gasteiger charge is 2.04. The van der Waals surface area contributed by atoms with E-state index in [1.54, 1.807) is 42.4 Å². The first-order chi connectivity index (χ1) is 10.2. The van der Waals surface area contributed by atoms with Crippen LogP contribution in [0.5, 0.6) is 23.0 Å². The van der Waals surface area contributed by atoms with Crippen LogP contribution in [-0.4, -0.2) is 22.0 Å². The zero-order chi connectivity index (χ0) is 14.7. The summed E-state index contributed by atoms with van der Waals surface area (Å²) in [6.45, 7) is 0. The van der Waals surface area contributed by atoms with Crippen molar-refractivity contribution in [3.63, 3.8) is 0 Å². The summed E-state index contributed by atoms with van der Waals surface area (Å²) in [5.74, 6) is 2.29. The fraction of sp³-hybridized carbons (Fsp3) is 0.0625. The maximum Gasteiger partial charge on any atom is 0.165 e. The van der Waals surface area contributed by atoms with E-state index in [9.17, 15) is 5.11 Å². The first-order valence-corrected chi connectivity index (χ1v) is 6.40. The van der Waals surface area contributed by atoms with Crippen LogP contribution in [0.4, 0.5) is 0 Å². The van der Waals surface area contributed by atoms with Crippen molar-refractivity contribution in [1.29, 1.82) is 0 Å². The average molecular weight is 282 g/mol. The summed E-state index contributed by atoms with van der Waals surface area (Å²) in [5, 5.41) is 13.7. The molecule has 0 aliphatic rings. The summed E-state index contributed by atoms with van der Waals surface area (Å²) in [6.07, 6.45) is 3.37. The third-order valence-electron chi connectivity index (χ3n) is 2.95. The highest BCUT2D eigenvalue weighted by Crippen LogP contribution is 2.24. The lowest BCUT2D eigenvalue weighted by Crippen LogP contribution is -1.92. The number of aromatic nitrogens is 2. The Bertz CT molecular complexity index is 735. The van der Waals surface area contributed by atoms with Gasteiger partial charge in [-0.05, 0) is 36.4 Å². The molecule has 0 saturated carbocycles. The Labute approximate surface area is 122 Å². The zero-order valence-electron chi connectivity index (χ0n) is 11.4. The summed E-state index contributed by atoms with van der Waals surface area (Å²) in [6, 6.07) is 14.2. The van der Waals surface area contributed by atoms with Gasteiger partial charge in [0.15, 0.2) is 5.75 Å². The fourth-order valence-corrected chi connectivity index (χ4v) is 1.92. The van der Waals surface area contributed by atoms with Gasteiger partial charge in [-0.1, -0.05) is 6.07 Å². The van der Waals surface area contributed by atoms with Crippen LogP contribution in [0.15, 0.2) is 60.9 Å². The summed E-state index contributed by atoms with van der Waals surface area (Å²) < 4.78 is 12.4. The Kier molecular flexibility index (Phi) is 3.47. The first-order valence-electron chi connectivity index (χ1n) is 6.40. The van der Waals surface area contributed by atoms with Crippen LogP contribution >= 0.6 is 0 Å². The predicted octanol–water partition coefficient (Wildman–Crippen LogP) is 3.38. The van der Waals surface area contributed by atoms with Crippen LogP contribution in [0.3, 0.4) is 0 Å². The Hall–Kier alpha value is -2.95. The number of phenolic OH excluding ortho intramolecular Hbond substituents is 1. The van der Waals surface area contributed by atoms with Crippen molar-refractivity contribution in [1.82, 2.24) is 9.78 Å². The molecule has 106 valence electrons. The van der Waals surface area contributed by atoms with Crippen molar-refractivity contribution in [3.8, 4) is 28.7 Å². The second kappa shape index (κ2) is 5.58. The molecular weight excluding hydrogens is 268 g/mol. The molecule has 0 atom stereocenters. The quantitative estimate of drug-likeness (QED) is 0.797. The van der Waals surface area contributed by atoms with Gasteiger partial charge in [-0.2, -0.15) is 5.10 Å². The van der Waals surface area contributed by atoms with Gasteiger partial charge in [0.2, 0.25) is 0 Å². The predicted molar refractivity (Wildman–Crippen MR) is 78.3 cm³/mol. The molecule has 2 aromatic carbocycles. The third-order valence-corrected chi connectivity index (χ3v) is 2.95. The van der Waals surface area contributed by atoms with Gasteiger partial charge in [-0.15, -0.1) is 0 Å². The van der Waals surface area contributed by atoms with E-state index in [-0.39, 0.29) is 5.75 Å². The van der Waals surface area contributed by atoms with Crippen LogP contribution in [0.1, 0.15) is 0 Å². The van der Waals surface area contributed by atoms with E-state index >= 15 is 0 Å². The first kappa shape index (κ1) is 13.1. The van der Waals surface area contributed by atoms with E-state index in [0.717, 1.165) is 11.4 Å². The van der Waals surface area contributed by atoms with Crippen molar-refractivity contribution in [3.05, 3.63) is 60.9 Å². The number of hydrogen-bond donors (Lipinski definition) is 1. The Balaban J connectivity index is 1.78. The van der Waals surface area contributed by atoms with Gasteiger partial charge in [0.05, 0.1) is 25.2 Å². The van der Waals surface area contributed by atoms with Crippen LogP contribution in [0.2, 0.25) is 0 Å². The number of benzene rings is 2. The normalized spacial score (nSPS) is 10.3. The maximum atomic E-state index is 9.48. The minimum absolute atomic E-state index is 0.195. The lowest BCUT2D eigenvalue weighted by atomic mass is 10.3. The molecule has 5 nitrogen and oxygen atoms in total. The minimum Gasteiger partial charge on any atom is -0.508 e. The van der Waals surface area contributed by atoms with E-state index in [1.165, 1.54) is 0 Å². The lowest BCUT2D eigenvalue weighted by molar-refractivity contribution is 0.413. The summed E-state index contributed by atoms with van der Waals surface area (Å²) >= 11 is 0. The molecule has 0 unspecified atom stereocenters. The molecule has 0 spiro atoms. The second-order valence-corrected chi connectivity index (χ2v) is 4.42. The van der Waals surface area contributed by atoms with Crippen LogP contribution in [0.25, 0.3) is 5.69 Å². The van der Waals surface area contributed by atoms with Crippen LogP contribution in [0, 0.1) is 0 Å². The van der Waals surface area contributed by atoms with Gasteiger partial charge in [0.1, 0.15) is 17.2 Å². The molecule has 0 fully saturated rings. The van der Waals surface area contributed by atoms with Gasteiger partial charge in [-0.25, -0.2) is 4.68 Å². The summed E-state index contributed by atoms with van der Waals surface area (Å²) in [5.41, 5.74) is 0.764. The van der Waals surface area contributed by atoms with E-state index in [0.29, 0.717) is 11.5 Å². The van der Waals surface area contributed by atoms with Crippen LogP contribution in [-0.2, 0) is 0 Å². The SMILES string of the molecule is COc1ccc(Oc2cnn(-c3cccc(O)c3)c2)cc1. The van der Waals surface area contributed by atoms with Crippen molar-refractivity contribution in [2.75, 3.05) is 7.11 Å². The number of rotatable bonds is 4. The Morgan fingerprint density at radius 2 is 1.76 bits per heavy atom. The minimum atomic E-state index is 0.195. The highest BCUT2D eigenvalue weighted by molar-refractivity contribution is 5.39. The Morgan fingerprint density at radius 3 is 2.48 bits per heavy atom. The maximum absolute atomic E-state index is 9.48. The van der Waals surface area contributed by atoms with Crippen LogP contribution < -0.4 is 9.47 Å². The zero-order valence-corrected chi connectivity index (χ0v) is 11.4. The molecule has 3 aromatic rings. The van der Waals surface area contributed by atoms with E-state index in [4.69, 9.17) is 9.47 Å². The van der Waals surface area contributed by atoms with Crippen molar-refractivity contribution in [2.24, 2.45) is 0 Å². The number of ether oxygens (including phenoxy) is 2. The van der Waals surface area contributed by atoms with E-state index < -0.39 is 0 Å². The van der Waals surface area contributed by atoms with Gasteiger partial charge < -0.3 is 14.6 Å². The van der Waals surface area contributed by atoms with Gasteiger partial charge in [-0.3, -0.25) is 0 Å². The Morgan fingerprint density at radius 1 is 1.00 bits per heavy atom. The fourth-order valence-electron chi connectivity index (χ4n) is 1.92. The number of aromatic hydroxyl groups is 1. The number of phenols is 1. The van der Waals surface area contributed by atoms with E-state index in [2.05, 4.69) is 5.10 Å². The van der Waals surface area contributed by atoms with Gasteiger partial charge in [0.25, 0.3) is 0 Å². The smallest absolute Gasteiger partial charge is 0.165 e. The van der Waals surface area contributed by atoms with Gasteiger partial charge >= 0.3 is 0 Å². The second-order valence-electron chi connectivity index (χ2n) is 4.42. The molecule has 0 amide bonds. The van der Waals surface area contributed by atoms with E-state index in [1.807, 2.05) is 30.3 Å². The van der Waals surface area contributed by atoms with Crippen molar-refractivity contribution < 1.29 is 14.6 Å². The average Bonchev–Trinajstić information content (AvgIpc) is 2.97. The molecule has 1 N–H and O–H groups in total. The molecule has 1 aromatic heterocycles. The summed E-state index contributed by atoms with van der Waals surface area (Å²) in [7, 11) is 1.62. The highest BCUT2D eigenvalue weighted by atomic mass is 16.5. The third kappa shape index (κ3) is 2.97. The molecule has 5 heteroatoms. The molecule has 0 aliphatic carbocycles. The topological polar surface area (TPSA) is 56.5 Å². The van der Waals surface area contributed by atoms with Crippen molar-refractivity contribution in [2.45, 2.75) is 0 Å². The molecule has 3 rings (SSSR count). The number of hydrogen-bond acceptors (Lipinski definition) is 4. The number of methoxy groups -OCH3 is 1. The largest absolute Gasteiger partial charge is 0.508 e. The monoisotopic (exact) mass is 282 g/mol. The lowest BCUT2D eigenvalue weighted by Gasteiger charge is -2.04. The summed E-state index contributed by atoms with van der Waals surface area (Å²) in [4.78, 5) is 0. The molecule has 0 aliphatic heterocycles. The number of nitrogens with zero attached hydrogens (tertiary/aromatic N) is 2. The van der Waals surface area contributed by atoms with Gasteiger partial charge in [0, 0.05) is 6.07 Å².